The number of carbonyl (C=O) groups excluding carboxylic acids is 1. The number of amides is 1. The molecule has 4 nitrogen and oxygen atoms in total. The van der Waals surface area contributed by atoms with Crippen LogP contribution in [-0.4, -0.2) is 49.7 Å². The van der Waals surface area contributed by atoms with E-state index in [2.05, 4.69) is 10.2 Å². The minimum Gasteiger partial charge on any atom is -0.375 e. The van der Waals surface area contributed by atoms with E-state index in [4.69, 9.17) is 16.3 Å². The zero-order valence-corrected chi connectivity index (χ0v) is 12.3. The van der Waals surface area contributed by atoms with E-state index in [1.807, 2.05) is 14.0 Å². The molecule has 1 amide bonds. The van der Waals surface area contributed by atoms with Crippen LogP contribution in [0.5, 0.6) is 0 Å². The summed E-state index contributed by atoms with van der Waals surface area (Å²) in [5.74, 6) is -1.04. The third kappa shape index (κ3) is 3.48. The van der Waals surface area contributed by atoms with Gasteiger partial charge in [-0.3, -0.25) is 4.79 Å². The van der Waals surface area contributed by atoms with Crippen molar-refractivity contribution in [2.24, 2.45) is 0 Å². The summed E-state index contributed by atoms with van der Waals surface area (Å²) in [6, 6.07) is 3.80. The highest BCUT2D eigenvalue weighted by atomic mass is 35.5. The van der Waals surface area contributed by atoms with Crippen molar-refractivity contribution in [3.63, 3.8) is 0 Å². The van der Waals surface area contributed by atoms with Gasteiger partial charge < -0.3 is 15.0 Å². The molecule has 0 spiro atoms. The average molecular weight is 301 g/mol. The third-order valence-corrected chi connectivity index (χ3v) is 3.55. The number of likely N-dealkylation sites (N-methyl/N-ethyl adjacent to an activating group) is 1. The largest absolute Gasteiger partial charge is 0.375 e. The van der Waals surface area contributed by atoms with Gasteiger partial charge in [0.05, 0.1) is 17.7 Å². The number of rotatable bonds is 4. The number of ether oxygens (including phenoxy) is 1. The van der Waals surface area contributed by atoms with Crippen LogP contribution < -0.4 is 5.32 Å². The standard InChI is InChI=1S/C14H18ClFN2O2/c1-3-20-13-8-18(2)7-12(13)17-14(19)10-6-9(15)4-5-11(10)16/h4-6,12-13H,3,7-8H2,1-2H3,(H,17,19)/t12-,13-/m1/s1. The molecule has 6 heteroatoms. The number of halogens is 2. The van der Waals surface area contributed by atoms with Crippen molar-refractivity contribution in [1.82, 2.24) is 10.2 Å². The predicted molar refractivity (Wildman–Crippen MR) is 75.6 cm³/mol. The molecule has 2 rings (SSSR count). The van der Waals surface area contributed by atoms with Crippen molar-refractivity contribution < 1.29 is 13.9 Å². The zero-order valence-electron chi connectivity index (χ0n) is 11.5. The smallest absolute Gasteiger partial charge is 0.254 e. The van der Waals surface area contributed by atoms with Crippen LogP contribution in [0.2, 0.25) is 5.02 Å². The molecule has 1 aromatic carbocycles. The second-order valence-electron chi connectivity index (χ2n) is 4.92. The number of hydrogen-bond donors (Lipinski definition) is 1. The normalized spacial score (nSPS) is 23.0. The molecular formula is C14H18ClFN2O2. The second kappa shape index (κ2) is 6.52. The third-order valence-electron chi connectivity index (χ3n) is 3.32. The maximum atomic E-state index is 13.7. The van der Waals surface area contributed by atoms with Crippen LogP contribution >= 0.6 is 11.6 Å². The molecule has 1 heterocycles. The molecule has 0 saturated carbocycles. The van der Waals surface area contributed by atoms with E-state index in [1.54, 1.807) is 0 Å². The van der Waals surface area contributed by atoms with Crippen LogP contribution in [-0.2, 0) is 4.74 Å². The number of nitrogens with zero attached hydrogens (tertiary/aromatic N) is 1. The summed E-state index contributed by atoms with van der Waals surface area (Å²) >= 11 is 5.80. The van der Waals surface area contributed by atoms with E-state index in [-0.39, 0.29) is 17.7 Å². The van der Waals surface area contributed by atoms with E-state index in [9.17, 15) is 9.18 Å². The molecule has 0 unspecified atom stereocenters. The first-order valence-electron chi connectivity index (χ1n) is 6.57. The Kier molecular flexibility index (Phi) is 4.96. The lowest BCUT2D eigenvalue weighted by Crippen LogP contribution is -2.44. The molecule has 1 aliphatic rings. The Morgan fingerprint density at radius 2 is 2.30 bits per heavy atom. The Labute approximate surface area is 122 Å². The van der Waals surface area contributed by atoms with Crippen molar-refractivity contribution in [3.8, 4) is 0 Å². The minimum atomic E-state index is -0.578. The molecule has 110 valence electrons. The van der Waals surface area contributed by atoms with Gasteiger partial charge in [-0.2, -0.15) is 0 Å². The SMILES string of the molecule is CCO[C@@H]1CN(C)C[C@H]1NC(=O)c1cc(Cl)ccc1F. The molecule has 20 heavy (non-hydrogen) atoms. The number of likely N-dealkylation sites (tertiary alicyclic amines) is 1. The molecule has 1 aliphatic heterocycles. The van der Waals surface area contributed by atoms with E-state index in [0.29, 0.717) is 18.2 Å². The fourth-order valence-corrected chi connectivity index (χ4v) is 2.57. The number of hydrogen-bond acceptors (Lipinski definition) is 3. The Hall–Kier alpha value is -1.17. The summed E-state index contributed by atoms with van der Waals surface area (Å²) in [7, 11) is 1.96. The molecule has 0 radical (unpaired) electrons. The van der Waals surface area contributed by atoms with Crippen LogP contribution in [0.15, 0.2) is 18.2 Å². The lowest BCUT2D eigenvalue weighted by atomic mass is 10.1. The summed E-state index contributed by atoms with van der Waals surface area (Å²) in [6.07, 6.45) is -0.0730. The van der Waals surface area contributed by atoms with E-state index >= 15 is 0 Å². The van der Waals surface area contributed by atoms with Crippen molar-refractivity contribution in [3.05, 3.63) is 34.6 Å². The highest BCUT2D eigenvalue weighted by Gasteiger charge is 2.33. The summed E-state index contributed by atoms with van der Waals surface area (Å²) < 4.78 is 19.3. The molecule has 2 atom stereocenters. The highest BCUT2D eigenvalue weighted by molar-refractivity contribution is 6.31. The molecule has 0 aromatic heterocycles. The quantitative estimate of drug-likeness (QED) is 0.924. The summed E-state index contributed by atoms with van der Waals surface area (Å²) in [4.78, 5) is 14.2. The van der Waals surface area contributed by atoms with Crippen LogP contribution in [0.25, 0.3) is 0 Å². The monoisotopic (exact) mass is 300 g/mol. The maximum absolute atomic E-state index is 13.7. The van der Waals surface area contributed by atoms with Crippen LogP contribution in [0.1, 0.15) is 17.3 Å². The number of carbonyl (C=O) groups is 1. The fourth-order valence-electron chi connectivity index (χ4n) is 2.40. The number of nitrogens with one attached hydrogen (secondary N) is 1. The molecular weight excluding hydrogens is 283 g/mol. The Bertz CT molecular complexity index is 498. The average Bonchev–Trinajstić information content (AvgIpc) is 2.73. The molecule has 0 aliphatic carbocycles. The molecule has 1 aromatic rings. The van der Waals surface area contributed by atoms with Gasteiger partial charge in [0.2, 0.25) is 0 Å². The van der Waals surface area contributed by atoms with Crippen molar-refractivity contribution >= 4 is 17.5 Å². The highest BCUT2D eigenvalue weighted by Crippen LogP contribution is 2.17. The van der Waals surface area contributed by atoms with Crippen molar-refractivity contribution in [2.45, 2.75) is 19.1 Å². The van der Waals surface area contributed by atoms with Crippen LogP contribution in [0.4, 0.5) is 4.39 Å². The lowest BCUT2D eigenvalue weighted by Gasteiger charge is -2.20. The van der Waals surface area contributed by atoms with Gasteiger partial charge in [-0.1, -0.05) is 11.6 Å². The zero-order chi connectivity index (χ0) is 14.7. The lowest BCUT2D eigenvalue weighted by molar-refractivity contribution is 0.0512. The van der Waals surface area contributed by atoms with E-state index in [0.717, 1.165) is 6.54 Å². The summed E-state index contributed by atoms with van der Waals surface area (Å²) in [5, 5.41) is 3.16. The van der Waals surface area contributed by atoms with Gasteiger partial charge in [-0.25, -0.2) is 4.39 Å². The van der Waals surface area contributed by atoms with Crippen LogP contribution in [0.3, 0.4) is 0 Å². The van der Waals surface area contributed by atoms with E-state index in [1.165, 1.54) is 18.2 Å². The molecule has 1 N–H and O–H groups in total. The maximum Gasteiger partial charge on any atom is 0.254 e. The molecule has 0 bridgehead atoms. The fraction of sp³-hybridized carbons (Fsp3) is 0.500. The Morgan fingerprint density at radius 1 is 1.55 bits per heavy atom. The van der Waals surface area contributed by atoms with Gasteiger partial charge >= 0.3 is 0 Å². The van der Waals surface area contributed by atoms with Crippen molar-refractivity contribution in [1.29, 1.82) is 0 Å². The van der Waals surface area contributed by atoms with Gasteiger partial charge in [-0.05, 0) is 32.2 Å². The number of benzene rings is 1. The molecule has 1 fully saturated rings. The first-order chi connectivity index (χ1) is 9.51. The summed E-state index contributed by atoms with van der Waals surface area (Å²) in [5.41, 5.74) is -0.0395. The Balaban J connectivity index is 2.08. The van der Waals surface area contributed by atoms with Crippen molar-refractivity contribution in [2.75, 3.05) is 26.7 Å². The minimum absolute atomic E-state index is 0.0395. The first kappa shape index (κ1) is 15.2. The topological polar surface area (TPSA) is 41.6 Å². The summed E-state index contributed by atoms with van der Waals surface area (Å²) in [6.45, 7) is 3.92. The first-order valence-corrected chi connectivity index (χ1v) is 6.95. The second-order valence-corrected chi connectivity index (χ2v) is 5.36. The molecule has 1 saturated heterocycles. The van der Waals surface area contributed by atoms with Gasteiger partial charge in [0, 0.05) is 24.7 Å². The van der Waals surface area contributed by atoms with E-state index < -0.39 is 11.7 Å². The Morgan fingerprint density at radius 3 is 3.00 bits per heavy atom. The van der Waals surface area contributed by atoms with Gasteiger partial charge in [-0.15, -0.1) is 0 Å². The van der Waals surface area contributed by atoms with Gasteiger partial charge in [0.15, 0.2) is 0 Å². The predicted octanol–water partition coefficient (Wildman–Crippen LogP) is 1.93. The van der Waals surface area contributed by atoms with Gasteiger partial charge in [0.1, 0.15) is 5.82 Å². The van der Waals surface area contributed by atoms with Gasteiger partial charge in [0.25, 0.3) is 5.91 Å². The van der Waals surface area contributed by atoms with Crippen LogP contribution in [0, 0.1) is 5.82 Å².